The van der Waals surface area contributed by atoms with E-state index in [4.69, 9.17) is 4.74 Å². The Bertz CT molecular complexity index is 290. The van der Waals surface area contributed by atoms with Gasteiger partial charge in [0.1, 0.15) is 0 Å². The number of rotatable bonds is 6. The van der Waals surface area contributed by atoms with E-state index in [1.807, 2.05) is 9.80 Å². The van der Waals surface area contributed by atoms with E-state index in [-0.39, 0.29) is 11.8 Å². The number of amides is 2. The van der Waals surface area contributed by atoms with Gasteiger partial charge in [0.25, 0.3) is 0 Å². The number of hydrogen-bond acceptors (Lipinski definition) is 3. The Labute approximate surface area is 114 Å². The highest BCUT2D eigenvalue weighted by Gasteiger charge is 2.18. The average molecular weight is 268 g/mol. The lowest BCUT2D eigenvalue weighted by atomic mass is 10.1. The minimum Gasteiger partial charge on any atom is -0.378 e. The lowest BCUT2D eigenvalue weighted by molar-refractivity contribution is -0.134. The summed E-state index contributed by atoms with van der Waals surface area (Å²) in [5.74, 6) is 0.502. The summed E-state index contributed by atoms with van der Waals surface area (Å²) in [5, 5.41) is 0. The molecule has 2 saturated heterocycles. The van der Waals surface area contributed by atoms with Gasteiger partial charge < -0.3 is 14.5 Å². The van der Waals surface area contributed by atoms with Crippen LogP contribution < -0.4 is 0 Å². The third-order valence-electron chi connectivity index (χ3n) is 3.85. The Morgan fingerprint density at radius 1 is 0.789 bits per heavy atom. The Morgan fingerprint density at radius 2 is 1.26 bits per heavy atom. The second-order valence-corrected chi connectivity index (χ2v) is 5.29. The van der Waals surface area contributed by atoms with Gasteiger partial charge in [-0.1, -0.05) is 0 Å². The summed E-state index contributed by atoms with van der Waals surface area (Å²) in [4.78, 5) is 26.9. The maximum atomic E-state index is 11.6. The first kappa shape index (κ1) is 14.3. The number of hydrogen-bond donors (Lipinski definition) is 0. The van der Waals surface area contributed by atoms with Crippen LogP contribution in [0, 0.1) is 0 Å². The molecule has 108 valence electrons. The van der Waals surface area contributed by atoms with Gasteiger partial charge in [0.2, 0.25) is 11.8 Å². The minimum atomic E-state index is 0.251. The lowest BCUT2D eigenvalue weighted by Crippen LogP contribution is -2.39. The predicted octanol–water partition coefficient (Wildman–Crippen LogP) is 1.03. The lowest BCUT2D eigenvalue weighted by Gasteiger charge is -2.28. The second kappa shape index (κ2) is 7.48. The summed E-state index contributed by atoms with van der Waals surface area (Å²) in [6, 6.07) is 0. The second-order valence-electron chi connectivity index (χ2n) is 5.29. The molecular formula is C14H24N2O3. The Kier molecular flexibility index (Phi) is 5.63. The zero-order chi connectivity index (χ0) is 13.5. The van der Waals surface area contributed by atoms with E-state index in [0.717, 1.165) is 38.8 Å². The smallest absolute Gasteiger partial charge is 0.222 e. The SMILES string of the molecule is O=C1CCCCN1CCOCCN1CCCCC1=O. The molecule has 0 saturated carbocycles. The Balaban J connectivity index is 1.54. The van der Waals surface area contributed by atoms with Gasteiger partial charge in [-0.05, 0) is 25.7 Å². The molecule has 0 aromatic carbocycles. The van der Waals surface area contributed by atoms with Crippen LogP contribution in [0.3, 0.4) is 0 Å². The molecule has 2 heterocycles. The molecular weight excluding hydrogens is 244 g/mol. The van der Waals surface area contributed by atoms with Gasteiger partial charge in [0, 0.05) is 39.0 Å². The van der Waals surface area contributed by atoms with Crippen molar-refractivity contribution in [2.75, 3.05) is 39.4 Å². The summed E-state index contributed by atoms with van der Waals surface area (Å²) in [6.07, 6.45) is 5.62. The first-order valence-electron chi connectivity index (χ1n) is 7.40. The molecule has 2 rings (SSSR count). The number of nitrogens with zero attached hydrogens (tertiary/aromatic N) is 2. The van der Waals surface area contributed by atoms with E-state index >= 15 is 0 Å². The van der Waals surface area contributed by atoms with E-state index in [9.17, 15) is 9.59 Å². The molecule has 0 radical (unpaired) electrons. The first-order valence-corrected chi connectivity index (χ1v) is 7.40. The number of ether oxygens (including phenoxy) is 1. The first-order chi connectivity index (χ1) is 9.27. The molecule has 5 nitrogen and oxygen atoms in total. The van der Waals surface area contributed by atoms with Crippen molar-refractivity contribution in [2.45, 2.75) is 38.5 Å². The van der Waals surface area contributed by atoms with Gasteiger partial charge in [0.05, 0.1) is 13.2 Å². The third-order valence-corrected chi connectivity index (χ3v) is 3.85. The maximum Gasteiger partial charge on any atom is 0.222 e. The molecule has 2 amide bonds. The van der Waals surface area contributed by atoms with Gasteiger partial charge in [-0.3, -0.25) is 9.59 Å². The van der Waals surface area contributed by atoms with Crippen molar-refractivity contribution in [3.05, 3.63) is 0 Å². The van der Waals surface area contributed by atoms with Gasteiger partial charge in [-0.15, -0.1) is 0 Å². The van der Waals surface area contributed by atoms with Crippen molar-refractivity contribution in [2.24, 2.45) is 0 Å². The predicted molar refractivity (Wildman–Crippen MR) is 71.7 cm³/mol. The monoisotopic (exact) mass is 268 g/mol. The highest BCUT2D eigenvalue weighted by Crippen LogP contribution is 2.11. The standard InChI is InChI=1S/C14H24N2O3/c17-13-5-1-3-7-15(13)9-11-19-12-10-16-8-4-2-6-14(16)18/h1-12H2. The third kappa shape index (κ3) is 4.49. The van der Waals surface area contributed by atoms with Crippen molar-refractivity contribution in [1.82, 2.24) is 9.80 Å². The largest absolute Gasteiger partial charge is 0.378 e. The Hall–Kier alpha value is -1.10. The molecule has 0 unspecified atom stereocenters. The molecule has 0 bridgehead atoms. The van der Waals surface area contributed by atoms with Crippen molar-refractivity contribution in [3.8, 4) is 0 Å². The van der Waals surface area contributed by atoms with E-state index < -0.39 is 0 Å². The topological polar surface area (TPSA) is 49.9 Å². The molecule has 0 atom stereocenters. The molecule has 2 aliphatic heterocycles. The summed E-state index contributed by atoms with van der Waals surface area (Å²) in [7, 11) is 0. The summed E-state index contributed by atoms with van der Waals surface area (Å²) in [5.41, 5.74) is 0. The normalized spacial score (nSPS) is 21.1. The molecule has 5 heteroatoms. The van der Waals surface area contributed by atoms with Crippen LogP contribution in [0.4, 0.5) is 0 Å². The molecule has 0 aromatic rings. The molecule has 2 fully saturated rings. The number of likely N-dealkylation sites (tertiary alicyclic amines) is 2. The number of carbonyl (C=O) groups excluding carboxylic acids is 2. The van der Waals surface area contributed by atoms with Crippen LogP contribution in [0.2, 0.25) is 0 Å². The van der Waals surface area contributed by atoms with Gasteiger partial charge in [-0.25, -0.2) is 0 Å². The summed E-state index contributed by atoms with van der Waals surface area (Å²) < 4.78 is 5.55. The average Bonchev–Trinajstić information content (AvgIpc) is 2.42. The molecule has 0 aromatic heterocycles. The van der Waals surface area contributed by atoms with Gasteiger partial charge in [0.15, 0.2) is 0 Å². The molecule has 0 N–H and O–H groups in total. The quantitative estimate of drug-likeness (QED) is 0.676. The van der Waals surface area contributed by atoms with E-state index in [2.05, 4.69) is 0 Å². The number of carbonyl (C=O) groups is 2. The van der Waals surface area contributed by atoms with Crippen LogP contribution in [0.5, 0.6) is 0 Å². The van der Waals surface area contributed by atoms with Crippen molar-refractivity contribution in [3.63, 3.8) is 0 Å². The van der Waals surface area contributed by atoms with Gasteiger partial charge in [-0.2, -0.15) is 0 Å². The highest BCUT2D eigenvalue weighted by atomic mass is 16.5. The van der Waals surface area contributed by atoms with E-state index in [1.54, 1.807) is 0 Å². The van der Waals surface area contributed by atoms with Crippen LogP contribution in [-0.2, 0) is 14.3 Å². The molecule has 19 heavy (non-hydrogen) atoms. The van der Waals surface area contributed by atoms with Gasteiger partial charge >= 0.3 is 0 Å². The van der Waals surface area contributed by atoms with Crippen LogP contribution in [-0.4, -0.2) is 61.0 Å². The summed E-state index contributed by atoms with van der Waals surface area (Å²) >= 11 is 0. The fourth-order valence-electron chi connectivity index (χ4n) is 2.65. The Morgan fingerprint density at radius 3 is 1.68 bits per heavy atom. The summed E-state index contributed by atoms with van der Waals surface area (Å²) in [6.45, 7) is 4.26. The van der Waals surface area contributed by atoms with Crippen LogP contribution in [0.1, 0.15) is 38.5 Å². The fraction of sp³-hybridized carbons (Fsp3) is 0.857. The van der Waals surface area contributed by atoms with Crippen molar-refractivity contribution >= 4 is 11.8 Å². The van der Waals surface area contributed by atoms with E-state index in [0.29, 0.717) is 39.1 Å². The maximum absolute atomic E-state index is 11.6. The van der Waals surface area contributed by atoms with E-state index in [1.165, 1.54) is 0 Å². The molecule has 0 aliphatic carbocycles. The fourth-order valence-corrected chi connectivity index (χ4v) is 2.65. The van der Waals surface area contributed by atoms with Crippen LogP contribution >= 0.6 is 0 Å². The van der Waals surface area contributed by atoms with Crippen molar-refractivity contribution in [1.29, 1.82) is 0 Å². The molecule has 2 aliphatic rings. The van der Waals surface area contributed by atoms with Crippen LogP contribution in [0.15, 0.2) is 0 Å². The minimum absolute atomic E-state index is 0.251. The van der Waals surface area contributed by atoms with Crippen LogP contribution in [0.25, 0.3) is 0 Å². The zero-order valence-corrected chi connectivity index (χ0v) is 11.6. The van der Waals surface area contributed by atoms with Crippen molar-refractivity contribution < 1.29 is 14.3 Å². The highest BCUT2D eigenvalue weighted by molar-refractivity contribution is 5.77. The number of piperidine rings is 2. The molecule has 0 spiro atoms. The zero-order valence-electron chi connectivity index (χ0n) is 11.6.